The highest BCUT2D eigenvalue weighted by molar-refractivity contribution is 5.92. The number of hydrogen-bond acceptors (Lipinski definition) is 5. The van der Waals surface area contributed by atoms with Crippen LogP contribution < -0.4 is 10.6 Å². The number of ether oxygens (including phenoxy) is 1. The number of hydrogen-bond donors (Lipinski definition) is 3. The number of unbranched alkanes of at least 4 members (excludes halogenated alkanes) is 1. The van der Waals surface area contributed by atoms with E-state index >= 15 is 0 Å². The normalized spacial score (nSPS) is 14.1. The van der Waals surface area contributed by atoms with Crippen molar-refractivity contribution >= 4 is 17.9 Å². The number of amides is 3. The van der Waals surface area contributed by atoms with Gasteiger partial charge in [-0.2, -0.15) is 0 Å². The van der Waals surface area contributed by atoms with Crippen LogP contribution in [0.3, 0.4) is 0 Å². The Balaban J connectivity index is 3.28. The molecule has 3 amide bonds. The second kappa shape index (κ2) is 12.5. The number of nitrogens with one attached hydrogen (secondary N) is 2. The maximum atomic E-state index is 13.6. The fourth-order valence-corrected chi connectivity index (χ4v) is 3.35. The highest BCUT2D eigenvalue weighted by atomic mass is 16.6. The van der Waals surface area contributed by atoms with Gasteiger partial charge in [-0.25, -0.2) is 4.79 Å². The molecule has 1 aromatic carbocycles. The fourth-order valence-electron chi connectivity index (χ4n) is 3.35. The third kappa shape index (κ3) is 8.59. The number of benzene rings is 1. The molecule has 0 saturated heterocycles. The SMILES string of the molecule is CCCCNC(=O)C(c1ccc(O)c(C)c1)N(C)C(=O)C(NC(=O)OC(C)(C)C)C(C)CC. The molecule has 0 aliphatic rings. The molecule has 0 bridgehead atoms. The molecule has 0 saturated carbocycles. The highest BCUT2D eigenvalue weighted by Crippen LogP contribution is 2.27. The van der Waals surface area contributed by atoms with Crippen LogP contribution in [0.15, 0.2) is 18.2 Å². The van der Waals surface area contributed by atoms with Gasteiger partial charge in [0, 0.05) is 13.6 Å². The van der Waals surface area contributed by atoms with E-state index in [0.717, 1.165) is 12.8 Å². The highest BCUT2D eigenvalue weighted by Gasteiger charge is 2.36. The van der Waals surface area contributed by atoms with Crippen molar-refractivity contribution in [2.45, 2.75) is 85.4 Å². The van der Waals surface area contributed by atoms with E-state index in [0.29, 0.717) is 24.1 Å². The first-order valence-corrected chi connectivity index (χ1v) is 11.7. The summed E-state index contributed by atoms with van der Waals surface area (Å²) in [7, 11) is 1.56. The van der Waals surface area contributed by atoms with Crippen LogP contribution >= 0.6 is 0 Å². The largest absolute Gasteiger partial charge is 0.508 e. The summed E-state index contributed by atoms with van der Waals surface area (Å²) in [5.41, 5.74) is 0.477. The number of carbonyl (C=O) groups is 3. The predicted molar refractivity (Wildman–Crippen MR) is 129 cm³/mol. The minimum atomic E-state index is -0.916. The molecule has 1 aromatic rings. The smallest absolute Gasteiger partial charge is 0.408 e. The molecular formula is C25H41N3O5. The summed E-state index contributed by atoms with van der Waals surface area (Å²) in [6.07, 6.45) is 1.71. The van der Waals surface area contributed by atoms with Crippen LogP contribution in [0.1, 0.15) is 78.0 Å². The Bertz CT molecular complexity index is 819. The summed E-state index contributed by atoms with van der Waals surface area (Å²) >= 11 is 0. The van der Waals surface area contributed by atoms with Crippen molar-refractivity contribution in [3.8, 4) is 5.75 Å². The standard InChI is InChI=1S/C25H41N3O5/c1-9-11-14-26-22(30)21(18-12-13-19(29)17(4)15-18)28(8)23(31)20(16(3)10-2)27-24(32)33-25(5,6)7/h12-13,15-16,20-21,29H,9-11,14H2,1-8H3,(H,26,30)(H,27,32). The molecule has 0 aromatic heterocycles. The summed E-state index contributed by atoms with van der Waals surface area (Å²) in [6, 6.07) is 3.07. The molecule has 1 rings (SSSR count). The van der Waals surface area contributed by atoms with Crippen LogP contribution in [-0.4, -0.2) is 53.1 Å². The van der Waals surface area contributed by atoms with Crippen molar-refractivity contribution in [2.24, 2.45) is 5.92 Å². The van der Waals surface area contributed by atoms with E-state index in [1.165, 1.54) is 11.0 Å². The molecule has 186 valence electrons. The van der Waals surface area contributed by atoms with Gasteiger partial charge >= 0.3 is 6.09 Å². The maximum absolute atomic E-state index is 13.6. The lowest BCUT2D eigenvalue weighted by Gasteiger charge is -2.33. The quantitative estimate of drug-likeness (QED) is 0.454. The summed E-state index contributed by atoms with van der Waals surface area (Å²) in [5.74, 6) is -0.777. The van der Waals surface area contributed by atoms with Gasteiger partial charge in [0.05, 0.1) is 0 Å². The van der Waals surface area contributed by atoms with E-state index in [4.69, 9.17) is 4.74 Å². The Hall–Kier alpha value is -2.77. The van der Waals surface area contributed by atoms with Crippen LogP contribution in [0.25, 0.3) is 0 Å². The third-order valence-electron chi connectivity index (χ3n) is 5.50. The molecule has 8 nitrogen and oxygen atoms in total. The lowest BCUT2D eigenvalue weighted by molar-refractivity contribution is -0.141. The predicted octanol–water partition coefficient (Wildman–Crippen LogP) is 4.06. The lowest BCUT2D eigenvalue weighted by Crippen LogP contribution is -2.54. The summed E-state index contributed by atoms with van der Waals surface area (Å²) in [6.45, 7) is 13.3. The number of nitrogens with zero attached hydrogens (tertiary/aromatic N) is 1. The van der Waals surface area contributed by atoms with Gasteiger partial charge in [0.2, 0.25) is 11.8 Å². The minimum Gasteiger partial charge on any atom is -0.508 e. The first kappa shape index (κ1) is 28.3. The summed E-state index contributed by atoms with van der Waals surface area (Å²) in [4.78, 5) is 40.5. The van der Waals surface area contributed by atoms with Gasteiger partial charge in [0.25, 0.3) is 0 Å². The van der Waals surface area contributed by atoms with E-state index < -0.39 is 29.7 Å². The van der Waals surface area contributed by atoms with E-state index in [1.54, 1.807) is 46.9 Å². The Morgan fingerprint density at radius 1 is 1.18 bits per heavy atom. The molecule has 3 N–H and O–H groups in total. The Labute approximate surface area is 198 Å². The lowest BCUT2D eigenvalue weighted by atomic mass is 9.95. The van der Waals surface area contributed by atoms with Gasteiger partial charge in [0.15, 0.2) is 0 Å². The number of phenols is 1. The van der Waals surface area contributed by atoms with Crippen molar-refractivity contribution in [2.75, 3.05) is 13.6 Å². The van der Waals surface area contributed by atoms with Gasteiger partial charge in [0.1, 0.15) is 23.4 Å². The van der Waals surface area contributed by atoms with Crippen molar-refractivity contribution in [1.29, 1.82) is 0 Å². The second-order valence-electron chi connectivity index (χ2n) is 9.55. The molecule has 3 unspecified atom stereocenters. The number of likely N-dealkylation sites (N-methyl/N-ethyl adjacent to an activating group) is 1. The van der Waals surface area contributed by atoms with Crippen LogP contribution in [0.4, 0.5) is 4.79 Å². The monoisotopic (exact) mass is 463 g/mol. The Morgan fingerprint density at radius 2 is 1.82 bits per heavy atom. The Kier molecular flexibility index (Phi) is 10.7. The Morgan fingerprint density at radius 3 is 2.33 bits per heavy atom. The van der Waals surface area contributed by atoms with E-state index in [9.17, 15) is 19.5 Å². The molecule has 3 atom stereocenters. The summed E-state index contributed by atoms with van der Waals surface area (Å²) in [5, 5.41) is 15.5. The van der Waals surface area contributed by atoms with Crippen LogP contribution in [0, 0.1) is 12.8 Å². The van der Waals surface area contributed by atoms with Gasteiger partial charge in [-0.1, -0.05) is 39.7 Å². The van der Waals surface area contributed by atoms with Crippen molar-refractivity contribution in [3.05, 3.63) is 29.3 Å². The molecule has 0 aliphatic heterocycles. The number of alkyl carbamates (subject to hydrolysis) is 1. The number of phenolic OH excluding ortho intramolecular Hbond substituents is 1. The van der Waals surface area contributed by atoms with Crippen LogP contribution in [-0.2, 0) is 14.3 Å². The van der Waals surface area contributed by atoms with Gasteiger partial charge in [-0.15, -0.1) is 0 Å². The van der Waals surface area contributed by atoms with Gasteiger partial charge in [-0.3, -0.25) is 9.59 Å². The number of carbonyl (C=O) groups excluding carboxylic acids is 3. The minimum absolute atomic E-state index is 0.113. The van der Waals surface area contributed by atoms with Crippen molar-refractivity contribution < 1.29 is 24.2 Å². The van der Waals surface area contributed by atoms with Crippen LogP contribution in [0.2, 0.25) is 0 Å². The van der Waals surface area contributed by atoms with Gasteiger partial charge in [-0.05, 0) is 63.3 Å². The summed E-state index contributed by atoms with van der Waals surface area (Å²) < 4.78 is 5.35. The first-order chi connectivity index (χ1) is 15.3. The molecule has 0 spiro atoms. The number of aryl methyl sites for hydroxylation is 1. The maximum Gasteiger partial charge on any atom is 0.408 e. The number of aromatic hydroxyl groups is 1. The van der Waals surface area contributed by atoms with Crippen molar-refractivity contribution in [1.82, 2.24) is 15.5 Å². The molecule has 0 radical (unpaired) electrons. The molecule has 8 heteroatoms. The molecule has 0 fully saturated rings. The zero-order chi connectivity index (χ0) is 25.3. The van der Waals surface area contributed by atoms with Crippen LogP contribution in [0.5, 0.6) is 5.75 Å². The first-order valence-electron chi connectivity index (χ1n) is 11.7. The third-order valence-corrected chi connectivity index (χ3v) is 5.50. The molecule has 0 heterocycles. The van der Waals surface area contributed by atoms with E-state index in [1.807, 2.05) is 20.8 Å². The molecular weight excluding hydrogens is 422 g/mol. The van der Waals surface area contributed by atoms with E-state index in [-0.39, 0.29) is 17.6 Å². The number of rotatable bonds is 10. The van der Waals surface area contributed by atoms with E-state index in [2.05, 4.69) is 10.6 Å². The molecule has 33 heavy (non-hydrogen) atoms. The molecule has 0 aliphatic carbocycles. The topological polar surface area (TPSA) is 108 Å². The second-order valence-corrected chi connectivity index (χ2v) is 9.55. The average molecular weight is 464 g/mol. The zero-order valence-electron chi connectivity index (χ0n) is 21.3. The van der Waals surface area contributed by atoms with Crippen molar-refractivity contribution in [3.63, 3.8) is 0 Å². The fraction of sp³-hybridized carbons (Fsp3) is 0.640. The average Bonchev–Trinajstić information content (AvgIpc) is 2.72. The zero-order valence-corrected chi connectivity index (χ0v) is 21.3. The van der Waals surface area contributed by atoms with Gasteiger partial charge < -0.3 is 25.4 Å².